The van der Waals surface area contributed by atoms with E-state index in [1.165, 1.54) is 30.4 Å². The van der Waals surface area contributed by atoms with Crippen LogP contribution >= 0.6 is 0 Å². The fourth-order valence-electron chi connectivity index (χ4n) is 3.74. The molecular formula is C19H28N2O3. The summed E-state index contributed by atoms with van der Waals surface area (Å²) in [6, 6.07) is 6.25. The van der Waals surface area contributed by atoms with Crippen molar-refractivity contribution in [2.45, 2.75) is 38.6 Å². The number of carboxylic acids is 1. The summed E-state index contributed by atoms with van der Waals surface area (Å²) in [6.07, 6.45) is 5.87. The second-order valence-electron chi connectivity index (χ2n) is 6.97. The molecule has 3 rings (SSSR count). The highest BCUT2D eigenvalue weighted by Gasteiger charge is 2.18. The van der Waals surface area contributed by atoms with E-state index in [9.17, 15) is 4.79 Å². The van der Waals surface area contributed by atoms with Crippen molar-refractivity contribution in [1.82, 2.24) is 10.2 Å². The molecule has 1 aromatic carbocycles. The molecular weight excluding hydrogens is 304 g/mol. The maximum atomic E-state index is 10.8. The van der Waals surface area contributed by atoms with Crippen LogP contribution in [0.2, 0.25) is 0 Å². The van der Waals surface area contributed by atoms with Gasteiger partial charge in [-0.3, -0.25) is 9.69 Å². The van der Waals surface area contributed by atoms with E-state index in [-0.39, 0.29) is 6.54 Å². The van der Waals surface area contributed by atoms with Crippen LogP contribution in [0, 0.1) is 5.92 Å². The topological polar surface area (TPSA) is 61.8 Å². The standard InChI is InChI=1S/C19H28N2O3/c22-19(23)14-21-10-7-16-12-18(4-3-17(16)13-21)24-11-1-2-15-5-8-20-9-6-15/h3-4,12,15,20H,1-2,5-11,13-14H2,(H,22,23). The largest absolute Gasteiger partial charge is 0.494 e. The van der Waals surface area contributed by atoms with Gasteiger partial charge in [-0.05, 0) is 74.4 Å². The van der Waals surface area contributed by atoms with Gasteiger partial charge in [0.1, 0.15) is 5.75 Å². The third kappa shape index (κ3) is 4.95. The van der Waals surface area contributed by atoms with Gasteiger partial charge in [0.25, 0.3) is 0 Å². The lowest BCUT2D eigenvalue weighted by molar-refractivity contribution is -0.138. The van der Waals surface area contributed by atoms with E-state index in [4.69, 9.17) is 9.84 Å². The lowest BCUT2D eigenvalue weighted by Gasteiger charge is -2.27. The van der Waals surface area contributed by atoms with Crippen molar-refractivity contribution in [3.63, 3.8) is 0 Å². The molecule has 0 spiro atoms. The number of benzene rings is 1. The molecule has 0 unspecified atom stereocenters. The van der Waals surface area contributed by atoms with Gasteiger partial charge in [-0.15, -0.1) is 0 Å². The van der Waals surface area contributed by atoms with Crippen molar-refractivity contribution in [3.8, 4) is 5.75 Å². The highest BCUT2D eigenvalue weighted by atomic mass is 16.5. The molecule has 2 heterocycles. The molecule has 1 fully saturated rings. The van der Waals surface area contributed by atoms with Gasteiger partial charge in [0.2, 0.25) is 0 Å². The van der Waals surface area contributed by atoms with Crippen LogP contribution in [0.25, 0.3) is 0 Å². The number of fused-ring (bicyclic) bond motifs is 1. The number of hydrogen-bond donors (Lipinski definition) is 2. The zero-order chi connectivity index (χ0) is 16.8. The van der Waals surface area contributed by atoms with Crippen LogP contribution in [0.1, 0.15) is 36.8 Å². The first-order chi connectivity index (χ1) is 11.7. The van der Waals surface area contributed by atoms with Gasteiger partial charge in [0, 0.05) is 13.1 Å². The van der Waals surface area contributed by atoms with Crippen LogP contribution in [-0.2, 0) is 17.8 Å². The predicted molar refractivity (Wildman–Crippen MR) is 93.4 cm³/mol. The zero-order valence-electron chi connectivity index (χ0n) is 14.3. The summed E-state index contributed by atoms with van der Waals surface area (Å²) in [6.45, 7) is 4.75. The van der Waals surface area contributed by atoms with Gasteiger partial charge in [0.05, 0.1) is 13.2 Å². The smallest absolute Gasteiger partial charge is 0.317 e. The summed E-state index contributed by atoms with van der Waals surface area (Å²) in [5, 5.41) is 12.3. The normalized spacial score (nSPS) is 19.0. The number of aliphatic carboxylic acids is 1. The van der Waals surface area contributed by atoms with Crippen LogP contribution < -0.4 is 10.1 Å². The molecule has 2 aliphatic rings. The summed E-state index contributed by atoms with van der Waals surface area (Å²) in [5.41, 5.74) is 2.53. The number of rotatable bonds is 7. The molecule has 0 aliphatic carbocycles. The molecule has 2 N–H and O–H groups in total. The Kier molecular flexibility index (Phi) is 6.10. The second kappa shape index (κ2) is 8.49. The first-order valence-electron chi connectivity index (χ1n) is 9.10. The third-order valence-electron chi connectivity index (χ3n) is 5.11. The lowest BCUT2D eigenvalue weighted by atomic mass is 9.93. The van der Waals surface area contributed by atoms with Crippen molar-refractivity contribution < 1.29 is 14.6 Å². The molecule has 1 saturated heterocycles. The van der Waals surface area contributed by atoms with Crippen LogP contribution in [0.15, 0.2) is 18.2 Å². The van der Waals surface area contributed by atoms with Gasteiger partial charge < -0.3 is 15.2 Å². The Bertz CT molecular complexity index is 556. The predicted octanol–water partition coefficient (Wildman–Crippen LogP) is 2.29. The van der Waals surface area contributed by atoms with Crippen molar-refractivity contribution in [1.29, 1.82) is 0 Å². The Morgan fingerprint density at radius 1 is 1.29 bits per heavy atom. The fourth-order valence-corrected chi connectivity index (χ4v) is 3.74. The Labute approximate surface area is 144 Å². The molecule has 0 radical (unpaired) electrons. The number of carboxylic acid groups (broad SMARTS) is 1. The number of nitrogens with one attached hydrogen (secondary N) is 1. The summed E-state index contributed by atoms with van der Waals surface area (Å²) >= 11 is 0. The average Bonchev–Trinajstić information content (AvgIpc) is 2.59. The number of carbonyl (C=O) groups is 1. The van der Waals surface area contributed by atoms with Crippen LogP contribution in [0.3, 0.4) is 0 Å². The first kappa shape index (κ1) is 17.2. The highest BCUT2D eigenvalue weighted by Crippen LogP contribution is 2.24. The monoisotopic (exact) mass is 332 g/mol. The maximum Gasteiger partial charge on any atom is 0.317 e. The van der Waals surface area contributed by atoms with Crippen LogP contribution in [0.5, 0.6) is 5.75 Å². The molecule has 1 aromatic rings. The van der Waals surface area contributed by atoms with Gasteiger partial charge >= 0.3 is 5.97 Å². The minimum Gasteiger partial charge on any atom is -0.494 e. The van der Waals surface area contributed by atoms with Crippen LogP contribution in [-0.4, -0.2) is 48.8 Å². The summed E-state index contributed by atoms with van der Waals surface area (Å²) in [7, 11) is 0. The Hall–Kier alpha value is -1.59. The highest BCUT2D eigenvalue weighted by molar-refractivity contribution is 5.69. The Balaban J connectivity index is 1.43. The first-order valence-corrected chi connectivity index (χ1v) is 9.10. The summed E-state index contributed by atoms with van der Waals surface area (Å²) in [5.74, 6) is 1.05. The zero-order valence-corrected chi connectivity index (χ0v) is 14.3. The van der Waals surface area contributed by atoms with E-state index in [1.54, 1.807) is 0 Å². The average molecular weight is 332 g/mol. The summed E-state index contributed by atoms with van der Waals surface area (Å²) in [4.78, 5) is 12.8. The van der Waals surface area contributed by atoms with Crippen molar-refractivity contribution >= 4 is 5.97 Å². The van der Waals surface area contributed by atoms with Gasteiger partial charge in [-0.25, -0.2) is 0 Å². The number of nitrogens with zero attached hydrogens (tertiary/aromatic N) is 1. The van der Waals surface area contributed by atoms with E-state index in [2.05, 4.69) is 17.4 Å². The molecule has 5 heteroatoms. The lowest BCUT2D eigenvalue weighted by Crippen LogP contribution is -2.34. The molecule has 2 aliphatic heterocycles. The minimum atomic E-state index is -0.757. The minimum absolute atomic E-state index is 0.119. The third-order valence-corrected chi connectivity index (χ3v) is 5.11. The Morgan fingerprint density at radius 2 is 2.12 bits per heavy atom. The molecule has 24 heavy (non-hydrogen) atoms. The van der Waals surface area contributed by atoms with Gasteiger partial charge in [-0.2, -0.15) is 0 Å². The molecule has 0 atom stereocenters. The molecule has 0 amide bonds. The number of piperidine rings is 1. The van der Waals surface area contributed by atoms with E-state index < -0.39 is 5.97 Å². The number of ether oxygens (including phenoxy) is 1. The molecule has 132 valence electrons. The molecule has 0 saturated carbocycles. The van der Waals surface area contributed by atoms with Crippen molar-refractivity contribution in [3.05, 3.63) is 29.3 Å². The van der Waals surface area contributed by atoms with E-state index in [0.29, 0.717) is 0 Å². The van der Waals surface area contributed by atoms with Gasteiger partial charge in [0.15, 0.2) is 0 Å². The van der Waals surface area contributed by atoms with E-state index in [0.717, 1.165) is 57.3 Å². The van der Waals surface area contributed by atoms with Crippen molar-refractivity contribution in [2.75, 3.05) is 32.8 Å². The van der Waals surface area contributed by atoms with Crippen LogP contribution in [0.4, 0.5) is 0 Å². The van der Waals surface area contributed by atoms with E-state index >= 15 is 0 Å². The molecule has 0 bridgehead atoms. The fraction of sp³-hybridized carbons (Fsp3) is 0.632. The quantitative estimate of drug-likeness (QED) is 0.750. The van der Waals surface area contributed by atoms with Crippen molar-refractivity contribution in [2.24, 2.45) is 5.92 Å². The molecule has 0 aromatic heterocycles. The Morgan fingerprint density at radius 3 is 2.92 bits per heavy atom. The summed E-state index contributed by atoms with van der Waals surface area (Å²) < 4.78 is 5.93. The van der Waals surface area contributed by atoms with Gasteiger partial charge in [-0.1, -0.05) is 6.07 Å². The maximum absolute atomic E-state index is 10.8. The SMILES string of the molecule is O=C(O)CN1CCc2cc(OCCCC3CCNCC3)ccc2C1. The second-order valence-corrected chi connectivity index (χ2v) is 6.97. The van der Waals surface area contributed by atoms with E-state index in [1.807, 2.05) is 11.0 Å². The number of hydrogen-bond acceptors (Lipinski definition) is 4. The molecule has 5 nitrogen and oxygen atoms in total.